The van der Waals surface area contributed by atoms with Crippen molar-refractivity contribution in [2.45, 2.75) is 46.3 Å². The first-order chi connectivity index (χ1) is 12.2. The highest BCUT2D eigenvalue weighted by Crippen LogP contribution is 2.09. The van der Waals surface area contributed by atoms with Gasteiger partial charge in [-0.1, -0.05) is 27.7 Å². The fourth-order valence-electron chi connectivity index (χ4n) is 2.46. The van der Waals surface area contributed by atoms with Gasteiger partial charge in [-0.2, -0.15) is 0 Å². The zero-order chi connectivity index (χ0) is 19.9. The smallest absolute Gasteiger partial charge is 0.251 e. The number of aromatic amines is 1. The molecule has 3 N–H and O–H groups in total. The molecule has 1 aromatic rings. The Labute approximate surface area is 158 Å². The Bertz CT molecular complexity index is 726. The quantitative estimate of drug-likeness (QED) is 0.502. The normalized spacial score (nSPS) is 12.4. The van der Waals surface area contributed by atoms with Gasteiger partial charge in [0.1, 0.15) is 12.6 Å². The Morgan fingerprint density at radius 1 is 1.35 bits per heavy atom. The van der Waals surface area contributed by atoms with Crippen LogP contribution in [0.1, 0.15) is 27.7 Å². The van der Waals surface area contributed by atoms with Crippen LogP contribution in [0.3, 0.4) is 0 Å². The van der Waals surface area contributed by atoms with Gasteiger partial charge in [-0.25, -0.2) is 0 Å². The average molecular weight is 385 g/mol. The van der Waals surface area contributed by atoms with Crippen molar-refractivity contribution in [2.24, 2.45) is 5.92 Å². The van der Waals surface area contributed by atoms with Gasteiger partial charge in [-0.05, 0) is 12.2 Å². The van der Waals surface area contributed by atoms with Crippen molar-refractivity contribution in [1.29, 1.82) is 0 Å². The van der Waals surface area contributed by atoms with Gasteiger partial charge in [0.05, 0.1) is 6.61 Å². The second kappa shape index (κ2) is 10.3. The van der Waals surface area contributed by atoms with E-state index in [0.29, 0.717) is 6.54 Å². The van der Waals surface area contributed by atoms with E-state index in [1.165, 1.54) is 21.7 Å². The molecule has 0 spiro atoms. The Morgan fingerprint density at radius 2 is 2.00 bits per heavy atom. The molecule has 0 aromatic carbocycles. The maximum absolute atomic E-state index is 12.8. The first-order valence-corrected chi connectivity index (χ1v) is 9.05. The summed E-state index contributed by atoms with van der Waals surface area (Å²) in [7, 11) is 0. The fourth-order valence-corrected chi connectivity index (χ4v) is 2.69. The third-order valence-electron chi connectivity index (χ3n) is 3.87. The molecule has 1 heterocycles. The van der Waals surface area contributed by atoms with Crippen molar-refractivity contribution in [1.82, 2.24) is 19.8 Å². The van der Waals surface area contributed by atoms with E-state index in [1.54, 1.807) is 13.8 Å². The van der Waals surface area contributed by atoms with E-state index in [1.807, 2.05) is 13.8 Å². The standard InChI is InChI=1S/C17H28N4O4S/c1-11(2)16(25)13(10-22)21(8-6-18-12(3)4)15(24)9-20-7-5-14(23)19-17(20)26/h5,7,11-13,18,22H,6,8-10H2,1-4H3,(H,19,23,26)/t13-/m1/s1. The summed E-state index contributed by atoms with van der Waals surface area (Å²) in [4.78, 5) is 40.4. The Kier molecular flexibility index (Phi) is 8.83. The molecular formula is C17H28N4O4S. The number of hydrogen-bond acceptors (Lipinski definition) is 6. The molecule has 26 heavy (non-hydrogen) atoms. The summed E-state index contributed by atoms with van der Waals surface area (Å²) in [5.74, 6) is -0.863. The van der Waals surface area contributed by atoms with Crippen LogP contribution in [0, 0.1) is 10.7 Å². The molecule has 0 saturated heterocycles. The number of aliphatic hydroxyl groups is 1. The molecule has 0 aliphatic heterocycles. The Hall–Kier alpha value is -1.84. The number of H-pyrrole nitrogens is 1. The van der Waals surface area contributed by atoms with Crippen LogP contribution in [0.25, 0.3) is 0 Å². The predicted molar refractivity (Wildman–Crippen MR) is 101 cm³/mol. The van der Waals surface area contributed by atoms with Crippen LogP contribution in [-0.2, 0) is 16.1 Å². The maximum atomic E-state index is 12.8. The van der Waals surface area contributed by atoms with Gasteiger partial charge in [0, 0.05) is 37.3 Å². The number of amides is 1. The summed E-state index contributed by atoms with van der Waals surface area (Å²) in [5.41, 5.74) is -0.347. The second-order valence-electron chi connectivity index (χ2n) is 6.69. The van der Waals surface area contributed by atoms with E-state index in [0.717, 1.165) is 0 Å². The van der Waals surface area contributed by atoms with Crippen LogP contribution in [0.15, 0.2) is 17.1 Å². The molecule has 0 aliphatic rings. The van der Waals surface area contributed by atoms with Crippen LogP contribution in [0.4, 0.5) is 0 Å². The highest BCUT2D eigenvalue weighted by molar-refractivity contribution is 7.71. The molecule has 9 heteroatoms. The molecule has 1 rings (SSSR count). The number of nitrogens with one attached hydrogen (secondary N) is 2. The Morgan fingerprint density at radius 3 is 2.50 bits per heavy atom. The molecule has 0 fully saturated rings. The van der Waals surface area contributed by atoms with Gasteiger partial charge in [0.15, 0.2) is 10.6 Å². The zero-order valence-corrected chi connectivity index (χ0v) is 16.5. The van der Waals surface area contributed by atoms with Crippen LogP contribution < -0.4 is 10.9 Å². The first kappa shape index (κ1) is 22.2. The molecule has 1 atom stereocenters. The highest BCUT2D eigenvalue weighted by atomic mass is 32.1. The monoisotopic (exact) mass is 384 g/mol. The molecule has 146 valence electrons. The van der Waals surface area contributed by atoms with Crippen LogP contribution in [0.2, 0.25) is 0 Å². The third-order valence-corrected chi connectivity index (χ3v) is 4.21. The SMILES string of the molecule is CC(C)NCCN(C(=O)Cn1ccc(=O)[nH]c1=S)[C@H](CO)C(=O)C(C)C. The highest BCUT2D eigenvalue weighted by Gasteiger charge is 2.30. The Balaban J connectivity index is 3.04. The summed E-state index contributed by atoms with van der Waals surface area (Å²) in [6.45, 7) is 7.62. The molecule has 0 bridgehead atoms. The van der Waals surface area contributed by atoms with E-state index < -0.39 is 12.6 Å². The molecule has 0 saturated carbocycles. The average Bonchev–Trinajstić information content (AvgIpc) is 2.55. The van der Waals surface area contributed by atoms with Crippen molar-refractivity contribution in [3.63, 3.8) is 0 Å². The lowest BCUT2D eigenvalue weighted by molar-refractivity contribution is -0.142. The number of aliphatic hydroxyl groups excluding tert-OH is 1. The van der Waals surface area contributed by atoms with Crippen molar-refractivity contribution >= 4 is 23.9 Å². The van der Waals surface area contributed by atoms with E-state index in [4.69, 9.17) is 12.2 Å². The number of rotatable bonds is 10. The van der Waals surface area contributed by atoms with Crippen LogP contribution in [0.5, 0.6) is 0 Å². The lowest BCUT2D eigenvalue weighted by atomic mass is 10.0. The maximum Gasteiger partial charge on any atom is 0.251 e. The minimum Gasteiger partial charge on any atom is -0.394 e. The number of carbonyl (C=O) groups excluding carboxylic acids is 2. The van der Waals surface area contributed by atoms with E-state index >= 15 is 0 Å². The van der Waals surface area contributed by atoms with Crippen molar-refractivity contribution < 1.29 is 14.7 Å². The summed E-state index contributed by atoms with van der Waals surface area (Å²) in [5, 5.41) is 12.9. The van der Waals surface area contributed by atoms with Gasteiger partial charge in [0.25, 0.3) is 5.56 Å². The topological polar surface area (TPSA) is 107 Å². The van der Waals surface area contributed by atoms with Crippen LogP contribution >= 0.6 is 12.2 Å². The van der Waals surface area contributed by atoms with Crippen molar-refractivity contribution in [3.8, 4) is 0 Å². The van der Waals surface area contributed by atoms with E-state index in [-0.39, 0.29) is 47.1 Å². The molecule has 0 unspecified atom stereocenters. The number of aromatic nitrogens is 2. The molecule has 1 aromatic heterocycles. The van der Waals surface area contributed by atoms with Gasteiger partial charge < -0.3 is 19.9 Å². The largest absolute Gasteiger partial charge is 0.394 e. The molecule has 0 radical (unpaired) electrons. The summed E-state index contributed by atoms with van der Waals surface area (Å²) in [6.07, 6.45) is 1.43. The molecule has 0 aliphatic carbocycles. The summed E-state index contributed by atoms with van der Waals surface area (Å²) in [6, 6.07) is 0.595. The fraction of sp³-hybridized carbons (Fsp3) is 0.647. The molecular weight excluding hydrogens is 356 g/mol. The van der Waals surface area contributed by atoms with E-state index in [2.05, 4.69) is 10.3 Å². The second-order valence-corrected chi connectivity index (χ2v) is 7.08. The number of nitrogens with zero attached hydrogens (tertiary/aromatic N) is 2. The number of Topliss-reactive ketones (excluding diaryl/α,β-unsaturated/α-hetero) is 1. The zero-order valence-electron chi connectivity index (χ0n) is 15.7. The number of carbonyl (C=O) groups is 2. The number of ketones is 1. The molecule has 1 amide bonds. The van der Waals surface area contributed by atoms with Gasteiger partial charge in [-0.3, -0.25) is 19.4 Å². The summed E-state index contributed by atoms with van der Waals surface area (Å²) >= 11 is 5.06. The minimum atomic E-state index is -0.909. The van der Waals surface area contributed by atoms with Gasteiger partial charge in [-0.15, -0.1) is 0 Å². The predicted octanol–water partition coefficient (Wildman–Crippen LogP) is 0.318. The lowest BCUT2D eigenvalue weighted by Gasteiger charge is -2.31. The van der Waals surface area contributed by atoms with Crippen LogP contribution in [-0.4, -0.2) is 63.0 Å². The van der Waals surface area contributed by atoms with Crippen molar-refractivity contribution in [2.75, 3.05) is 19.7 Å². The summed E-state index contributed by atoms with van der Waals surface area (Å²) < 4.78 is 1.55. The minimum absolute atomic E-state index is 0.126. The van der Waals surface area contributed by atoms with Gasteiger partial charge in [0.2, 0.25) is 5.91 Å². The van der Waals surface area contributed by atoms with Crippen molar-refractivity contribution in [3.05, 3.63) is 27.4 Å². The number of hydrogen-bond donors (Lipinski definition) is 3. The lowest BCUT2D eigenvalue weighted by Crippen LogP contribution is -2.52. The van der Waals surface area contributed by atoms with E-state index in [9.17, 15) is 19.5 Å². The molecule has 8 nitrogen and oxygen atoms in total. The first-order valence-electron chi connectivity index (χ1n) is 8.64. The van der Waals surface area contributed by atoms with Gasteiger partial charge >= 0.3 is 0 Å². The third kappa shape index (κ3) is 6.47.